The molecule has 2 amide bonds. The number of carbonyl (C=O) groups is 1. The minimum Gasteiger partial charge on any atom is -0.454 e. The molecule has 3 rings (SSSR count). The van der Waals surface area contributed by atoms with Gasteiger partial charge in [-0.2, -0.15) is 13.2 Å². The summed E-state index contributed by atoms with van der Waals surface area (Å²) in [4.78, 5) is 13.9. The first-order chi connectivity index (χ1) is 12.4. The molecule has 1 heterocycles. The van der Waals surface area contributed by atoms with E-state index in [-0.39, 0.29) is 19.0 Å². The van der Waals surface area contributed by atoms with Crippen LogP contribution in [0.25, 0.3) is 0 Å². The third-order valence-corrected chi connectivity index (χ3v) is 3.95. The fourth-order valence-electron chi connectivity index (χ4n) is 2.62. The van der Waals surface area contributed by atoms with Crippen molar-refractivity contribution in [2.75, 3.05) is 18.7 Å². The van der Waals surface area contributed by atoms with Gasteiger partial charge in [-0.25, -0.2) is 4.79 Å². The zero-order chi connectivity index (χ0) is 18.7. The molecule has 0 bridgehead atoms. The number of halogens is 3. The van der Waals surface area contributed by atoms with Crippen LogP contribution >= 0.6 is 0 Å². The molecule has 1 aliphatic heterocycles. The Morgan fingerprint density at radius 2 is 1.88 bits per heavy atom. The third kappa shape index (κ3) is 3.84. The van der Waals surface area contributed by atoms with Crippen molar-refractivity contribution in [3.05, 3.63) is 53.6 Å². The molecule has 0 atom stereocenters. The summed E-state index contributed by atoms with van der Waals surface area (Å²) in [6.45, 7) is 2.45. The van der Waals surface area contributed by atoms with E-state index in [9.17, 15) is 18.0 Å². The van der Waals surface area contributed by atoms with E-state index in [0.29, 0.717) is 18.0 Å². The van der Waals surface area contributed by atoms with Crippen LogP contribution in [0.15, 0.2) is 42.5 Å². The van der Waals surface area contributed by atoms with E-state index in [1.54, 1.807) is 25.1 Å². The summed E-state index contributed by atoms with van der Waals surface area (Å²) in [6.07, 6.45) is -4.54. The Hall–Kier alpha value is -2.90. The van der Waals surface area contributed by atoms with Gasteiger partial charge in [0.15, 0.2) is 11.5 Å². The van der Waals surface area contributed by atoms with Crippen LogP contribution in [0.5, 0.6) is 11.5 Å². The number of anilines is 1. The van der Waals surface area contributed by atoms with E-state index >= 15 is 0 Å². The molecule has 0 saturated carbocycles. The summed E-state index contributed by atoms with van der Waals surface area (Å²) in [5.41, 5.74) is -0.364. The Morgan fingerprint density at radius 1 is 1.15 bits per heavy atom. The molecule has 2 aromatic carbocycles. The van der Waals surface area contributed by atoms with E-state index in [1.807, 2.05) is 0 Å². The topological polar surface area (TPSA) is 50.8 Å². The second-order valence-electron chi connectivity index (χ2n) is 5.68. The zero-order valence-corrected chi connectivity index (χ0v) is 14.0. The first-order valence-electron chi connectivity index (χ1n) is 7.99. The predicted octanol–water partition coefficient (Wildman–Crippen LogP) is 4.49. The van der Waals surface area contributed by atoms with Crippen LogP contribution in [-0.4, -0.2) is 24.3 Å². The number of hydrogen-bond donors (Lipinski definition) is 1. The largest absolute Gasteiger partial charge is 0.454 e. The summed E-state index contributed by atoms with van der Waals surface area (Å²) in [6, 6.07) is 9.56. The van der Waals surface area contributed by atoms with Crippen molar-refractivity contribution in [2.45, 2.75) is 19.6 Å². The Bertz CT molecular complexity index is 809. The molecular formula is C18H17F3N2O3. The summed E-state index contributed by atoms with van der Waals surface area (Å²) in [5, 5.41) is 2.35. The molecular weight excluding hydrogens is 349 g/mol. The number of amides is 2. The van der Waals surface area contributed by atoms with Crippen molar-refractivity contribution in [3.63, 3.8) is 0 Å². The van der Waals surface area contributed by atoms with Gasteiger partial charge in [0.05, 0.1) is 11.3 Å². The van der Waals surface area contributed by atoms with E-state index in [4.69, 9.17) is 9.47 Å². The molecule has 0 aliphatic carbocycles. The fraction of sp³-hybridized carbons (Fsp3) is 0.278. The minimum atomic E-state index is -4.54. The smallest absolute Gasteiger partial charge is 0.418 e. The van der Waals surface area contributed by atoms with Crippen LogP contribution in [0.2, 0.25) is 0 Å². The molecule has 0 radical (unpaired) electrons. The molecule has 8 heteroatoms. The van der Waals surface area contributed by atoms with Crippen molar-refractivity contribution >= 4 is 11.7 Å². The molecule has 26 heavy (non-hydrogen) atoms. The van der Waals surface area contributed by atoms with E-state index in [2.05, 4.69) is 5.32 Å². The van der Waals surface area contributed by atoms with Crippen molar-refractivity contribution in [2.24, 2.45) is 0 Å². The van der Waals surface area contributed by atoms with Gasteiger partial charge in [0.25, 0.3) is 0 Å². The zero-order valence-electron chi connectivity index (χ0n) is 14.0. The number of nitrogens with one attached hydrogen (secondary N) is 1. The molecule has 0 aromatic heterocycles. The van der Waals surface area contributed by atoms with Crippen molar-refractivity contribution in [1.82, 2.24) is 4.90 Å². The van der Waals surface area contributed by atoms with Gasteiger partial charge in [-0.15, -0.1) is 0 Å². The van der Waals surface area contributed by atoms with E-state index in [0.717, 1.165) is 11.6 Å². The number of nitrogens with zero attached hydrogens (tertiary/aromatic N) is 1. The van der Waals surface area contributed by atoms with Gasteiger partial charge in [0.1, 0.15) is 0 Å². The highest BCUT2D eigenvalue weighted by Crippen LogP contribution is 2.35. The standard InChI is InChI=1S/C18H17F3N2O3/c1-2-23(10-12-7-8-15-16(9-12)26-11-25-15)17(24)22-14-6-4-3-5-13(14)18(19,20)21/h3-9H,2,10-11H2,1H3,(H,22,24). The number of carbonyl (C=O) groups excluding carboxylic acids is 1. The van der Waals surface area contributed by atoms with Crippen molar-refractivity contribution in [1.29, 1.82) is 0 Å². The molecule has 0 unspecified atom stereocenters. The van der Waals surface area contributed by atoms with Crippen molar-refractivity contribution in [3.8, 4) is 11.5 Å². The molecule has 5 nitrogen and oxygen atoms in total. The molecule has 1 aliphatic rings. The van der Waals surface area contributed by atoms with Gasteiger partial charge in [0, 0.05) is 13.1 Å². The summed E-state index contributed by atoms with van der Waals surface area (Å²) in [7, 11) is 0. The number of hydrogen-bond acceptors (Lipinski definition) is 3. The lowest BCUT2D eigenvalue weighted by atomic mass is 10.1. The lowest BCUT2D eigenvalue weighted by Gasteiger charge is -2.23. The molecule has 1 N–H and O–H groups in total. The first-order valence-corrected chi connectivity index (χ1v) is 7.99. The van der Waals surface area contributed by atoms with Crippen LogP contribution in [0.4, 0.5) is 23.7 Å². The lowest BCUT2D eigenvalue weighted by molar-refractivity contribution is -0.136. The third-order valence-electron chi connectivity index (χ3n) is 3.95. The van der Waals surface area contributed by atoms with Crippen LogP contribution in [0.3, 0.4) is 0 Å². The average Bonchev–Trinajstić information content (AvgIpc) is 3.06. The monoisotopic (exact) mass is 366 g/mol. The van der Waals surface area contributed by atoms with Gasteiger partial charge in [-0.1, -0.05) is 18.2 Å². The van der Waals surface area contributed by atoms with Crippen LogP contribution in [0.1, 0.15) is 18.1 Å². The molecule has 0 fully saturated rings. The number of ether oxygens (including phenoxy) is 2. The van der Waals surface area contributed by atoms with Crippen molar-refractivity contribution < 1.29 is 27.4 Å². The Morgan fingerprint density at radius 3 is 2.62 bits per heavy atom. The van der Waals surface area contributed by atoms with Gasteiger partial charge in [-0.3, -0.25) is 0 Å². The molecule has 138 valence electrons. The molecule has 2 aromatic rings. The number of fused-ring (bicyclic) bond motifs is 1. The Labute approximate surface area is 148 Å². The number of rotatable bonds is 4. The summed E-state index contributed by atoms with van der Waals surface area (Å²) < 4.78 is 49.7. The maximum Gasteiger partial charge on any atom is 0.418 e. The number of alkyl halides is 3. The quantitative estimate of drug-likeness (QED) is 0.868. The normalized spacial score (nSPS) is 12.8. The SMILES string of the molecule is CCN(Cc1ccc2c(c1)OCO2)C(=O)Nc1ccccc1C(F)(F)F. The highest BCUT2D eigenvalue weighted by Gasteiger charge is 2.33. The highest BCUT2D eigenvalue weighted by atomic mass is 19.4. The second-order valence-corrected chi connectivity index (χ2v) is 5.68. The fourth-order valence-corrected chi connectivity index (χ4v) is 2.62. The predicted molar refractivity (Wildman–Crippen MR) is 89.1 cm³/mol. The van der Waals surface area contributed by atoms with Crippen LogP contribution < -0.4 is 14.8 Å². The number of para-hydroxylation sites is 1. The van der Waals surface area contributed by atoms with Crippen LogP contribution in [-0.2, 0) is 12.7 Å². The highest BCUT2D eigenvalue weighted by molar-refractivity contribution is 5.90. The van der Waals surface area contributed by atoms with Crippen LogP contribution in [0, 0.1) is 0 Å². The molecule has 0 spiro atoms. The van der Waals surface area contributed by atoms with E-state index < -0.39 is 17.8 Å². The van der Waals surface area contributed by atoms with Gasteiger partial charge < -0.3 is 19.7 Å². The summed E-state index contributed by atoms with van der Waals surface area (Å²) >= 11 is 0. The van der Waals surface area contributed by atoms with E-state index in [1.165, 1.54) is 23.1 Å². The van der Waals surface area contributed by atoms with Gasteiger partial charge >= 0.3 is 12.2 Å². The maximum absolute atomic E-state index is 13.1. The minimum absolute atomic E-state index is 0.144. The maximum atomic E-state index is 13.1. The number of urea groups is 1. The first kappa shape index (κ1) is 17.9. The lowest BCUT2D eigenvalue weighted by Crippen LogP contribution is -2.34. The number of benzene rings is 2. The van der Waals surface area contributed by atoms with Gasteiger partial charge in [0.2, 0.25) is 6.79 Å². The van der Waals surface area contributed by atoms with Gasteiger partial charge in [-0.05, 0) is 36.8 Å². The Kier molecular flexibility index (Phi) is 4.92. The Balaban J connectivity index is 1.74. The second kappa shape index (κ2) is 7.15. The molecule has 0 saturated heterocycles. The summed E-state index contributed by atoms with van der Waals surface area (Å²) in [5.74, 6) is 1.21. The average molecular weight is 366 g/mol.